The summed E-state index contributed by atoms with van der Waals surface area (Å²) in [5.41, 5.74) is 0.522. The molecule has 2 fully saturated rings. The van der Waals surface area contributed by atoms with Gasteiger partial charge in [0, 0.05) is 0 Å². The first-order chi connectivity index (χ1) is 13.1. The average molecular weight is 381 g/mol. The Morgan fingerprint density at radius 1 is 0.889 bits per heavy atom. The quantitative estimate of drug-likeness (QED) is 0.736. The van der Waals surface area contributed by atoms with Crippen LogP contribution >= 0.6 is 11.6 Å². The number of halogens is 1. The molecular formula is C19H13ClN4O3. The molecule has 3 aliphatic rings. The fraction of sp³-hybridized carbons (Fsp3) is 0.211. The smallest absolute Gasteiger partial charge is 0.240 e. The molecule has 3 aliphatic heterocycles. The van der Waals surface area contributed by atoms with Crippen LogP contribution in [0.25, 0.3) is 0 Å². The molecule has 1 aromatic carbocycles. The number of amides is 2. The van der Waals surface area contributed by atoms with Gasteiger partial charge in [-0.2, -0.15) is 0 Å². The third kappa shape index (κ3) is 2.18. The summed E-state index contributed by atoms with van der Waals surface area (Å²) in [5, 5.41) is 8.11. The van der Waals surface area contributed by atoms with Crippen LogP contribution in [0.4, 0.5) is 11.5 Å². The van der Waals surface area contributed by atoms with Crippen LogP contribution in [-0.4, -0.2) is 39.9 Å². The first kappa shape index (κ1) is 16.1. The van der Waals surface area contributed by atoms with Gasteiger partial charge >= 0.3 is 0 Å². The molecule has 0 aliphatic carbocycles. The molecule has 27 heavy (non-hydrogen) atoms. The molecule has 0 spiro atoms. The number of imide groups is 1. The Morgan fingerprint density at radius 3 is 2.33 bits per heavy atom. The van der Waals surface area contributed by atoms with Crippen molar-refractivity contribution in [3.63, 3.8) is 0 Å². The maximum absolute atomic E-state index is 13.2. The van der Waals surface area contributed by atoms with E-state index in [1.54, 1.807) is 47.4 Å². The highest BCUT2D eigenvalue weighted by molar-refractivity contribution is 6.29. The normalized spacial score (nSPS) is 28.9. The maximum atomic E-state index is 13.2. The summed E-state index contributed by atoms with van der Waals surface area (Å²) in [6, 6.07) is 10.8. The Balaban J connectivity index is 1.59. The van der Waals surface area contributed by atoms with E-state index in [1.165, 1.54) is 11.0 Å². The van der Waals surface area contributed by atoms with Crippen LogP contribution in [0, 0.1) is 11.8 Å². The zero-order valence-electron chi connectivity index (χ0n) is 13.9. The molecule has 2 amide bonds. The van der Waals surface area contributed by atoms with Gasteiger partial charge in [-0.05, 0) is 30.3 Å². The minimum absolute atomic E-state index is 0.216. The van der Waals surface area contributed by atoms with Crippen LogP contribution < -0.4 is 9.80 Å². The van der Waals surface area contributed by atoms with Crippen molar-refractivity contribution in [1.29, 1.82) is 0 Å². The minimum Gasteiger partial charge on any atom is -0.337 e. The number of hydrogen-bond acceptors (Lipinski definition) is 6. The van der Waals surface area contributed by atoms with Gasteiger partial charge < -0.3 is 4.90 Å². The van der Waals surface area contributed by atoms with Gasteiger partial charge in [0.2, 0.25) is 11.8 Å². The molecule has 134 valence electrons. The van der Waals surface area contributed by atoms with Gasteiger partial charge in [-0.15, -0.1) is 10.2 Å². The van der Waals surface area contributed by atoms with E-state index in [2.05, 4.69) is 10.2 Å². The number of nitrogens with zero attached hydrogens (tertiary/aromatic N) is 4. The lowest BCUT2D eigenvalue weighted by Gasteiger charge is -2.33. The maximum Gasteiger partial charge on any atom is 0.240 e. The largest absolute Gasteiger partial charge is 0.337 e. The molecule has 4 atom stereocenters. The highest BCUT2D eigenvalue weighted by Crippen LogP contribution is 2.47. The first-order valence-electron chi connectivity index (χ1n) is 8.50. The number of anilines is 2. The minimum atomic E-state index is -0.773. The molecule has 5 rings (SSSR count). The predicted octanol–water partition coefficient (Wildman–Crippen LogP) is 1.63. The number of carbonyl (C=O) groups excluding carboxylic acids is 3. The van der Waals surface area contributed by atoms with E-state index in [9.17, 15) is 14.4 Å². The van der Waals surface area contributed by atoms with Crippen molar-refractivity contribution < 1.29 is 14.4 Å². The molecule has 0 radical (unpaired) electrons. The molecule has 4 heterocycles. The van der Waals surface area contributed by atoms with Crippen LogP contribution in [0.1, 0.15) is 0 Å². The summed E-state index contributed by atoms with van der Waals surface area (Å²) < 4.78 is 0. The third-order valence-electron chi connectivity index (χ3n) is 5.37. The van der Waals surface area contributed by atoms with Gasteiger partial charge in [0.05, 0.1) is 23.6 Å². The van der Waals surface area contributed by atoms with E-state index in [4.69, 9.17) is 11.6 Å². The highest BCUT2D eigenvalue weighted by atomic mass is 35.5. The van der Waals surface area contributed by atoms with E-state index in [1.807, 2.05) is 6.07 Å². The summed E-state index contributed by atoms with van der Waals surface area (Å²) in [7, 11) is 0. The van der Waals surface area contributed by atoms with Crippen molar-refractivity contribution in [2.45, 2.75) is 12.1 Å². The number of benzene rings is 1. The first-order valence-corrected chi connectivity index (χ1v) is 8.88. The van der Waals surface area contributed by atoms with Gasteiger partial charge in [-0.1, -0.05) is 35.9 Å². The topological polar surface area (TPSA) is 83.5 Å². The summed E-state index contributed by atoms with van der Waals surface area (Å²) >= 11 is 5.81. The van der Waals surface area contributed by atoms with Crippen molar-refractivity contribution >= 4 is 40.7 Å². The Hall–Kier alpha value is -3.06. The number of para-hydroxylation sites is 1. The van der Waals surface area contributed by atoms with Gasteiger partial charge in [-0.25, -0.2) is 4.90 Å². The van der Waals surface area contributed by atoms with Gasteiger partial charge in [-0.3, -0.25) is 14.4 Å². The van der Waals surface area contributed by atoms with Crippen LogP contribution in [0.15, 0.2) is 54.6 Å². The lowest BCUT2D eigenvalue weighted by Crippen LogP contribution is -2.49. The fourth-order valence-corrected chi connectivity index (χ4v) is 4.43. The lowest BCUT2D eigenvalue weighted by atomic mass is 9.90. The zero-order valence-corrected chi connectivity index (χ0v) is 14.7. The molecule has 1 aromatic heterocycles. The molecular weight excluding hydrogens is 368 g/mol. The lowest BCUT2D eigenvalue weighted by molar-refractivity contribution is -0.125. The van der Waals surface area contributed by atoms with Crippen LogP contribution in [-0.2, 0) is 14.4 Å². The molecule has 2 bridgehead atoms. The number of aromatic nitrogens is 2. The predicted molar refractivity (Wildman–Crippen MR) is 97.2 cm³/mol. The van der Waals surface area contributed by atoms with Crippen molar-refractivity contribution in [3.8, 4) is 0 Å². The second kappa shape index (κ2) is 5.72. The van der Waals surface area contributed by atoms with Crippen molar-refractivity contribution in [2.75, 3.05) is 9.80 Å². The molecule has 2 aromatic rings. The van der Waals surface area contributed by atoms with Crippen molar-refractivity contribution in [1.82, 2.24) is 10.2 Å². The Labute approximate surface area is 159 Å². The SMILES string of the molecule is O=C1C=CC2C3C(=O)N(c4ccccc4)C(=O)C3C1N2c1ccc(Cl)nn1. The zero-order chi connectivity index (χ0) is 18.7. The van der Waals surface area contributed by atoms with E-state index in [0.717, 1.165) is 0 Å². The number of hydrogen-bond donors (Lipinski definition) is 0. The summed E-state index contributed by atoms with van der Waals surface area (Å²) in [5.74, 6) is -1.83. The molecule has 2 saturated heterocycles. The Morgan fingerprint density at radius 2 is 1.63 bits per heavy atom. The van der Waals surface area contributed by atoms with E-state index < -0.39 is 23.9 Å². The number of rotatable bonds is 2. The number of fused-ring (bicyclic) bond motifs is 5. The van der Waals surface area contributed by atoms with E-state index in [-0.39, 0.29) is 22.8 Å². The van der Waals surface area contributed by atoms with E-state index >= 15 is 0 Å². The average Bonchev–Trinajstić information content (AvgIpc) is 3.09. The Bertz CT molecular complexity index is 992. The molecule has 8 heteroatoms. The Kier molecular flexibility index (Phi) is 3.42. The van der Waals surface area contributed by atoms with Crippen molar-refractivity contribution in [2.24, 2.45) is 11.8 Å². The molecule has 4 unspecified atom stereocenters. The standard InChI is InChI=1S/C19H13ClN4O3/c20-13-8-9-14(22-21-13)24-11-6-7-12(25)17(24)16-15(11)18(26)23(19(16)27)10-4-2-1-3-5-10/h1-9,11,15-17H. The van der Waals surface area contributed by atoms with Crippen LogP contribution in [0.2, 0.25) is 5.15 Å². The summed E-state index contributed by atoms with van der Waals surface area (Å²) in [4.78, 5) is 41.9. The molecule has 0 saturated carbocycles. The van der Waals surface area contributed by atoms with Crippen LogP contribution in [0.5, 0.6) is 0 Å². The number of ketones is 1. The monoisotopic (exact) mass is 380 g/mol. The third-order valence-corrected chi connectivity index (χ3v) is 5.57. The van der Waals surface area contributed by atoms with Crippen molar-refractivity contribution in [3.05, 3.63) is 59.8 Å². The summed E-state index contributed by atoms with van der Waals surface area (Å²) in [6.45, 7) is 0. The second-order valence-electron chi connectivity index (χ2n) is 6.72. The molecule has 0 N–H and O–H groups in total. The summed E-state index contributed by atoms with van der Waals surface area (Å²) in [6.07, 6.45) is 3.14. The van der Waals surface area contributed by atoms with Gasteiger partial charge in [0.1, 0.15) is 6.04 Å². The highest BCUT2D eigenvalue weighted by Gasteiger charge is 2.64. The van der Waals surface area contributed by atoms with Gasteiger partial charge in [0.15, 0.2) is 16.8 Å². The molecule has 7 nitrogen and oxygen atoms in total. The van der Waals surface area contributed by atoms with Gasteiger partial charge in [0.25, 0.3) is 0 Å². The number of carbonyl (C=O) groups is 3. The van der Waals surface area contributed by atoms with E-state index in [0.29, 0.717) is 11.5 Å². The fourth-order valence-electron chi connectivity index (χ4n) is 4.33. The second-order valence-corrected chi connectivity index (χ2v) is 7.10. The van der Waals surface area contributed by atoms with Crippen LogP contribution in [0.3, 0.4) is 0 Å².